The minimum atomic E-state index is -0.241. The molecule has 192 valence electrons. The van der Waals surface area contributed by atoms with Crippen LogP contribution in [0, 0.1) is 17.7 Å². The Hall–Kier alpha value is -4.32. The van der Waals surface area contributed by atoms with E-state index in [-0.39, 0.29) is 23.8 Å². The number of rotatable bonds is 6. The molecule has 0 spiro atoms. The van der Waals surface area contributed by atoms with Crippen molar-refractivity contribution in [3.63, 3.8) is 0 Å². The predicted octanol–water partition coefficient (Wildman–Crippen LogP) is 7.23. The molecule has 2 amide bonds. The molecule has 6 rings (SSSR count). The summed E-state index contributed by atoms with van der Waals surface area (Å²) in [5.74, 6) is 0.376. The zero-order chi connectivity index (χ0) is 26.1. The number of para-hydroxylation sites is 1. The van der Waals surface area contributed by atoms with Gasteiger partial charge in [0.25, 0.3) is 0 Å². The Morgan fingerprint density at radius 2 is 1.74 bits per heavy atom. The third kappa shape index (κ3) is 4.70. The summed E-state index contributed by atoms with van der Waals surface area (Å²) in [7, 11) is 0. The van der Waals surface area contributed by atoms with Gasteiger partial charge in [-0.1, -0.05) is 61.0 Å². The Kier molecular flexibility index (Phi) is 6.46. The van der Waals surface area contributed by atoms with Crippen molar-refractivity contribution in [2.75, 3.05) is 10.3 Å². The molecule has 3 atom stereocenters. The number of allylic oxidation sites excluding steroid dienone is 4. The molecule has 1 aliphatic heterocycles. The van der Waals surface area contributed by atoms with E-state index >= 15 is 0 Å². The van der Waals surface area contributed by atoms with Crippen LogP contribution in [0.3, 0.4) is 0 Å². The first-order valence-electron chi connectivity index (χ1n) is 13.2. The van der Waals surface area contributed by atoms with Gasteiger partial charge in [-0.25, -0.2) is 9.18 Å². The number of carbonyl (C=O) groups is 1. The van der Waals surface area contributed by atoms with E-state index in [0.717, 1.165) is 41.9 Å². The summed E-state index contributed by atoms with van der Waals surface area (Å²) >= 11 is 0. The van der Waals surface area contributed by atoms with Gasteiger partial charge in [0.15, 0.2) is 0 Å². The number of benzene rings is 3. The molecule has 5 nitrogen and oxygen atoms in total. The lowest BCUT2D eigenvalue weighted by molar-refractivity contribution is 0.246. The van der Waals surface area contributed by atoms with E-state index in [0.29, 0.717) is 5.92 Å². The Morgan fingerprint density at radius 1 is 1.03 bits per heavy atom. The molecule has 0 saturated carbocycles. The van der Waals surface area contributed by atoms with Gasteiger partial charge in [0.05, 0.1) is 17.4 Å². The van der Waals surface area contributed by atoms with Gasteiger partial charge in [0.2, 0.25) is 0 Å². The Morgan fingerprint density at radius 3 is 2.47 bits per heavy atom. The van der Waals surface area contributed by atoms with Crippen LogP contribution in [0.15, 0.2) is 120 Å². The van der Waals surface area contributed by atoms with Crippen molar-refractivity contribution in [2.24, 2.45) is 11.8 Å². The summed E-state index contributed by atoms with van der Waals surface area (Å²) in [4.78, 5) is 13.0. The number of hydrogen-bond donors (Lipinski definition) is 3. The van der Waals surface area contributed by atoms with Gasteiger partial charge in [-0.15, -0.1) is 0 Å². The van der Waals surface area contributed by atoms with Crippen LogP contribution in [0.2, 0.25) is 0 Å². The number of hydrogen-bond acceptors (Lipinski definition) is 3. The average molecular weight is 507 g/mol. The lowest BCUT2D eigenvalue weighted by Gasteiger charge is -2.31. The van der Waals surface area contributed by atoms with Crippen LogP contribution in [-0.2, 0) is 0 Å². The van der Waals surface area contributed by atoms with E-state index in [9.17, 15) is 9.18 Å². The highest BCUT2D eigenvalue weighted by Crippen LogP contribution is 2.49. The van der Waals surface area contributed by atoms with E-state index in [1.165, 1.54) is 28.9 Å². The minimum Gasteiger partial charge on any atom is -0.331 e. The lowest BCUT2D eigenvalue weighted by atomic mass is 9.78. The maximum atomic E-state index is 13.5. The van der Waals surface area contributed by atoms with Crippen LogP contribution in [0.5, 0.6) is 0 Å². The second-order valence-corrected chi connectivity index (χ2v) is 10.2. The number of amides is 2. The number of halogens is 1. The SMILES string of the molecule is C[C@H]1C2=CNN(c3ccc(F)cc3)C2=CC2=C1[C@@H](CC(NC(=O)Nc1ccccc1)c1ccccc1)CC2. The Labute approximate surface area is 222 Å². The van der Waals surface area contributed by atoms with Crippen LogP contribution in [-0.4, -0.2) is 6.03 Å². The highest BCUT2D eigenvalue weighted by molar-refractivity contribution is 5.89. The third-order valence-corrected chi connectivity index (χ3v) is 7.85. The summed E-state index contributed by atoms with van der Waals surface area (Å²) in [6.45, 7) is 2.27. The van der Waals surface area contributed by atoms with Crippen molar-refractivity contribution in [1.82, 2.24) is 10.7 Å². The van der Waals surface area contributed by atoms with E-state index in [2.05, 4.69) is 47.4 Å². The standard InChI is InChI=1S/C32H31FN4O/c1-21-28-20-34-37(27-16-14-25(33)15-17-27)30(28)19-24-13-12-23(31(21)24)18-29(22-8-4-2-5-9-22)36-32(38)35-26-10-6-3-7-11-26/h2-11,14-17,19-21,23,29,34H,12-13,18H2,1H3,(H2,35,36,38)/t21-,23+,29?/m0/s1. The number of fused-ring (bicyclic) bond motifs is 1. The third-order valence-electron chi connectivity index (χ3n) is 7.85. The molecular formula is C32H31FN4O. The largest absolute Gasteiger partial charge is 0.331 e. The highest BCUT2D eigenvalue weighted by atomic mass is 19.1. The second-order valence-electron chi connectivity index (χ2n) is 10.2. The summed E-state index contributed by atoms with van der Waals surface area (Å²) in [6, 6.07) is 26.0. The monoisotopic (exact) mass is 506 g/mol. The average Bonchev–Trinajstić information content (AvgIpc) is 3.55. The molecule has 38 heavy (non-hydrogen) atoms. The first-order chi connectivity index (χ1) is 18.6. The molecule has 2 aliphatic carbocycles. The first kappa shape index (κ1) is 24.0. The fraction of sp³-hybridized carbons (Fsp3) is 0.219. The molecule has 1 unspecified atom stereocenters. The molecular weight excluding hydrogens is 475 g/mol. The van der Waals surface area contributed by atoms with Crippen LogP contribution in [0.4, 0.5) is 20.6 Å². The molecule has 3 aromatic rings. The van der Waals surface area contributed by atoms with Gasteiger partial charge in [-0.05, 0) is 78.8 Å². The highest BCUT2D eigenvalue weighted by Gasteiger charge is 2.39. The maximum absolute atomic E-state index is 13.5. The summed E-state index contributed by atoms with van der Waals surface area (Å²) in [6.07, 6.45) is 7.26. The Bertz CT molecular complexity index is 1410. The Balaban J connectivity index is 1.24. The molecule has 3 aliphatic rings. The van der Waals surface area contributed by atoms with E-state index in [4.69, 9.17) is 0 Å². The molecule has 1 heterocycles. The topological polar surface area (TPSA) is 56.4 Å². The van der Waals surface area contributed by atoms with Crippen LogP contribution < -0.4 is 21.1 Å². The molecule has 0 saturated heterocycles. The van der Waals surface area contributed by atoms with Gasteiger partial charge < -0.3 is 16.1 Å². The summed E-state index contributed by atoms with van der Waals surface area (Å²) in [5.41, 5.74) is 11.4. The number of anilines is 2. The lowest BCUT2D eigenvalue weighted by Crippen LogP contribution is -2.34. The number of urea groups is 1. The van der Waals surface area contributed by atoms with Gasteiger partial charge in [0.1, 0.15) is 5.82 Å². The quantitative estimate of drug-likeness (QED) is 0.331. The molecule has 0 aromatic heterocycles. The van der Waals surface area contributed by atoms with Crippen LogP contribution in [0.1, 0.15) is 37.8 Å². The fourth-order valence-electron chi connectivity index (χ4n) is 6.06. The molecule has 6 heteroatoms. The maximum Gasteiger partial charge on any atom is 0.319 e. The van der Waals surface area contributed by atoms with Crippen LogP contribution >= 0.6 is 0 Å². The molecule has 0 bridgehead atoms. The number of hydrazine groups is 1. The zero-order valence-electron chi connectivity index (χ0n) is 21.3. The van der Waals surface area contributed by atoms with Crippen molar-refractivity contribution in [2.45, 2.75) is 32.2 Å². The molecule has 0 fully saturated rings. The number of nitrogens with zero attached hydrogens (tertiary/aromatic N) is 1. The summed E-state index contributed by atoms with van der Waals surface area (Å²) in [5, 5.41) is 8.25. The summed E-state index contributed by atoms with van der Waals surface area (Å²) < 4.78 is 13.5. The normalized spacial score (nSPS) is 20.6. The van der Waals surface area contributed by atoms with Crippen molar-refractivity contribution >= 4 is 17.4 Å². The predicted molar refractivity (Wildman–Crippen MR) is 149 cm³/mol. The van der Waals surface area contributed by atoms with Crippen LogP contribution in [0.25, 0.3) is 0 Å². The second kappa shape index (κ2) is 10.2. The van der Waals surface area contributed by atoms with Gasteiger partial charge in [-0.3, -0.25) is 5.01 Å². The van der Waals surface area contributed by atoms with Gasteiger partial charge in [-0.2, -0.15) is 0 Å². The van der Waals surface area contributed by atoms with Crippen molar-refractivity contribution in [3.05, 3.63) is 131 Å². The van der Waals surface area contributed by atoms with Crippen molar-refractivity contribution < 1.29 is 9.18 Å². The molecule has 3 N–H and O–H groups in total. The van der Waals surface area contributed by atoms with Crippen molar-refractivity contribution in [1.29, 1.82) is 0 Å². The molecule has 0 radical (unpaired) electrons. The fourth-order valence-corrected chi connectivity index (χ4v) is 6.06. The number of nitrogens with one attached hydrogen (secondary N) is 3. The number of carbonyl (C=O) groups excluding carboxylic acids is 1. The van der Waals surface area contributed by atoms with Crippen molar-refractivity contribution in [3.8, 4) is 0 Å². The van der Waals surface area contributed by atoms with E-state index < -0.39 is 0 Å². The van der Waals surface area contributed by atoms with Gasteiger partial charge in [0, 0.05) is 23.4 Å². The smallest absolute Gasteiger partial charge is 0.319 e. The molecule has 3 aromatic carbocycles. The first-order valence-corrected chi connectivity index (χ1v) is 13.2. The van der Waals surface area contributed by atoms with Gasteiger partial charge >= 0.3 is 6.03 Å². The van der Waals surface area contributed by atoms with E-state index in [1.807, 2.05) is 53.5 Å². The zero-order valence-corrected chi connectivity index (χ0v) is 21.3. The van der Waals surface area contributed by atoms with E-state index in [1.54, 1.807) is 12.1 Å². The minimum absolute atomic E-state index is 0.110.